The van der Waals surface area contributed by atoms with E-state index < -0.39 is 11.9 Å². The van der Waals surface area contributed by atoms with Crippen LogP contribution in [0.5, 0.6) is 0 Å². The number of rotatable bonds is 4. The summed E-state index contributed by atoms with van der Waals surface area (Å²) in [4.78, 5) is 24.1. The minimum absolute atomic E-state index is 0.238. The third-order valence-electron chi connectivity index (χ3n) is 3.85. The van der Waals surface area contributed by atoms with Gasteiger partial charge in [0.25, 0.3) is 5.91 Å². The highest BCUT2D eigenvalue weighted by atomic mass is 35.5. The number of amides is 3. The first kappa shape index (κ1) is 19.7. The number of nitrogens with one attached hydrogen (secondary N) is 2. The molecule has 2 N–H and O–H groups in total. The monoisotopic (exact) mass is 410 g/mol. The smallest absolute Gasteiger partial charge is 0.308 e. The molecule has 0 spiro atoms. The molecule has 0 bridgehead atoms. The first-order chi connectivity index (χ1) is 13.5. The summed E-state index contributed by atoms with van der Waals surface area (Å²) in [5.74, 6) is -0.564. The molecule has 0 saturated heterocycles. The van der Waals surface area contributed by atoms with Crippen LogP contribution in [0.25, 0.3) is 12.2 Å². The first-order valence-electron chi connectivity index (χ1n) is 8.42. The van der Waals surface area contributed by atoms with Crippen LogP contribution in [0, 0.1) is 0 Å². The molecule has 140 valence electrons. The molecule has 4 nitrogen and oxygen atoms in total. The summed E-state index contributed by atoms with van der Waals surface area (Å²) in [6.45, 7) is 0. The summed E-state index contributed by atoms with van der Waals surface area (Å²) in [6.07, 6.45) is 3.92. The van der Waals surface area contributed by atoms with Gasteiger partial charge >= 0.3 is 6.03 Å². The molecular weight excluding hydrogens is 395 g/mol. The van der Waals surface area contributed by atoms with Gasteiger partial charge in [-0.25, -0.2) is 4.79 Å². The lowest BCUT2D eigenvalue weighted by Gasteiger charge is -2.08. The number of hydrogen-bond donors (Lipinski definition) is 2. The van der Waals surface area contributed by atoms with Gasteiger partial charge < -0.3 is 5.32 Å². The Morgan fingerprint density at radius 2 is 1.32 bits per heavy atom. The van der Waals surface area contributed by atoms with Crippen molar-refractivity contribution >= 4 is 53.0 Å². The van der Waals surface area contributed by atoms with Crippen molar-refractivity contribution < 1.29 is 9.59 Å². The maximum absolute atomic E-state index is 12.1. The quantitative estimate of drug-likeness (QED) is 0.508. The van der Waals surface area contributed by atoms with Gasteiger partial charge in [-0.1, -0.05) is 71.8 Å². The fraction of sp³-hybridized carbons (Fsp3) is 0. The number of urea groups is 1. The molecule has 6 heteroatoms. The van der Waals surface area contributed by atoms with E-state index in [2.05, 4.69) is 10.6 Å². The SMILES string of the molecule is O=C(NC(=O)c1ccccc1Cl)Nc1ccc(/C=C/c2ccc(Cl)cc2)cc1. The molecule has 0 unspecified atom stereocenters. The molecule has 3 aromatic carbocycles. The van der Waals surface area contributed by atoms with Crippen LogP contribution in [0.3, 0.4) is 0 Å². The topological polar surface area (TPSA) is 58.2 Å². The minimum Gasteiger partial charge on any atom is -0.308 e. The van der Waals surface area contributed by atoms with Crippen molar-refractivity contribution in [2.45, 2.75) is 0 Å². The van der Waals surface area contributed by atoms with Crippen LogP contribution >= 0.6 is 23.2 Å². The lowest BCUT2D eigenvalue weighted by molar-refractivity contribution is 0.0967. The van der Waals surface area contributed by atoms with Crippen molar-refractivity contribution in [3.05, 3.63) is 99.5 Å². The molecular formula is C22H16Cl2N2O2. The molecule has 0 aliphatic rings. The van der Waals surface area contributed by atoms with E-state index in [9.17, 15) is 9.59 Å². The average Bonchev–Trinajstić information content (AvgIpc) is 2.69. The molecule has 0 fully saturated rings. The van der Waals surface area contributed by atoms with E-state index in [0.717, 1.165) is 11.1 Å². The summed E-state index contributed by atoms with van der Waals surface area (Å²) in [6, 6.07) is 20.6. The van der Waals surface area contributed by atoms with E-state index in [-0.39, 0.29) is 10.6 Å². The molecule has 0 aliphatic heterocycles. The Morgan fingerprint density at radius 1 is 0.750 bits per heavy atom. The van der Waals surface area contributed by atoms with Crippen molar-refractivity contribution in [1.82, 2.24) is 5.32 Å². The first-order valence-corrected chi connectivity index (χ1v) is 9.17. The Labute approximate surface area is 172 Å². The zero-order chi connectivity index (χ0) is 19.9. The Morgan fingerprint density at radius 3 is 1.93 bits per heavy atom. The van der Waals surface area contributed by atoms with Crippen LogP contribution in [-0.4, -0.2) is 11.9 Å². The highest BCUT2D eigenvalue weighted by molar-refractivity contribution is 6.34. The summed E-state index contributed by atoms with van der Waals surface area (Å²) >= 11 is 11.8. The lowest BCUT2D eigenvalue weighted by Crippen LogP contribution is -2.34. The minimum atomic E-state index is -0.630. The second kappa shape index (κ2) is 9.22. The van der Waals surface area contributed by atoms with E-state index in [1.807, 2.05) is 48.6 Å². The van der Waals surface area contributed by atoms with Gasteiger partial charge in [0.2, 0.25) is 0 Å². The fourth-order valence-electron chi connectivity index (χ4n) is 2.42. The third-order valence-corrected chi connectivity index (χ3v) is 4.43. The standard InChI is InChI=1S/C22H16Cl2N2O2/c23-17-11-7-15(8-12-17)5-6-16-9-13-18(14-10-16)25-22(28)26-21(27)19-3-1-2-4-20(19)24/h1-14H,(H2,25,26,27,28)/b6-5+. The zero-order valence-electron chi connectivity index (χ0n) is 14.7. The maximum atomic E-state index is 12.1. The molecule has 0 atom stereocenters. The van der Waals surface area contributed by atoms with Crippen molar-refractivity contribution in [1.29, 1.82) is 0 Å². The Balaban J connectivity index is 1.57. The molecule has 0 aliphatic carbocycles. The van der Waals surface area contributed by atoms with Gasteiger partial charge in [-0.3, -0.25) is 10.1 Å². The largest absolute Gasteiger partial charge is 0.326 e. The van der Waals surface area contributed by atoms with Gasteiger partial charge in [-0.15, -0.1) is 0 Å². The predicted molar refractivity (Wildman–Crippen MR) is 115 cm³/mol. The normalized spacial score (nSPS) is 10.6. The summed E-state index contributed by atoms with van der Waals surface area (Å²) in [5.41, 5.74) is 2.80. The van der Waals surface area contributed by atoms with Gasteiger partial charge in [-0.2, -0.15) is 0 Å². The van der Waals surface area contributed by atoms with E-state index in [0.29, 0.717) is 10.7 Å². The number of carbonyl (C=O) groups excluding carboxylic acids is 2. The van der Waals surface area contributed by atoms with Crippen molar-refractivity contribution in [2.24, 2.45) is 0 Å². The van der Waals surface area contributed by atoms with Crippen LogP contribution in [0.4, 0.5) is 10.5 Å². The summed E-state index contributed by atoms with van der Waals surface area (Å²) in [5, 5.41) is 5.85. The number of benzene rings is 3. The van der Waals surface area contributed by atoms with Crippen molar-refractivity contribution in [3.8, 4) is 0 Å². The van der Waals surface area contributed by atoms with Gasteiger partial charge in [0, 0.05) is 10.7 Å². The van der Waals surface area contributed by atoms with Crippen LogP contribution in [0.15, 0.2) is 72.8 Å². The molecule has 0 heterocycles. The Kier molecular flexibility index (Phi) is 6.48. The van der Waals surface area contributed by atoms with Gasteiger partial charge in [0.15, 0.2) is 0 Å². The highest BCUT2D eigenvalue weighted by Crippen LogP contribution is 2.16. The number of carbonyl (C=O) groups is 2. The van der Waals surface area contributed by atoms with Gasteiger partial charge in [-0.05, 0) is 47.5 Å². The molecule has 3 aromatic rings. The van der Waals surface area contributed by atoms with E-state index in [1.54, 1.807) is 36.4 Å². The molecule has 0 radical (unpaired) electrons. The van der Waals surface area contributed by atoms with Crippen LogP contribution in [-0.2, 0) is 0 Å². The molecule has 28 heavy (non-hydrogen) atoms. The third kappa shape index (κ3) is 5.46. The fourth-order valence-corrected chi connectivity index (χ4v) is 2.77. The molecule has 3 amide bonds. The number of halogens is 2. The maximum Gasteiger partial charge on any atom is 0.326 e. The van der Waals surface area contributed by atoms with Crippen LogP contribution in [0.1, 0.15) is 21.5 Å². The van der Waals surface area contributed by atoms with Crippen LogP contribution in [0.2, 0.25) is 10.0 Å². The lowest BCUT2D eigenvalue weighted by atomic mass is 10.1. The van der Waals surface area contributed by atoms with E-state index in [1.165, 1.54) is 0 Å². The van der Waals surface area contributed by atoms with E-state index >= 15 is 0 Å². The summed E-state index contributed by atoms with van der Waals surface area (Å²) in [7, 11) is 0. The average molecular weight is 411 g/mol. The number of anilines is 1. The second-order valence-corrected chi connectivity index (χ2v) is 6.74. The Bertz CT molecular complexity index is 1010. The number of hydrogen-bond acceptors (Lipinski definition) is 2. The highest BCUT2D eigenvalue weighted by Gasteiger charge is 2.13. The second-order valence-electron chi connectivity index (χ2n) is 5.89. The predicted octanol–water partition coefficient (Wildman–Crippen LogP) is 6.13. The molecule has 0 aromatic heterocycles. The van der Waals surface area contributed by atoms with E-state index in [4.69, 9.17) is 23.2 Å². The number of imide groups is 1. The molecule has 0 saturated carbocycles. The van der Waals surface area contributed by atoms with Crippen molar-refractivity contribution in [2.75, 3.05) is 5.32 Å². The van der Waals surface area contributed by atoms with Gasteiger partial charge in [0.05, 0.1) is 10.6 Å². The Hall–Kier alpha value is -3.08. The summed E-state index contributed by atoms with van der Waals surface area (Å²) < 4.78 is 0. The van der Waals surface area contributed by atoms with Gasteiger partial charge in [0.1, 0.15) is 0 Å². The van der Waals surface area contributed by atoms with Crippen LogP contribution < -0.4 is 10.6 Å². The van der Waals surface area contributed by atoms with Crippen molar-refractivity contribution in [3.63, 3.8) is 0 Å². The molecule has 3 rings (SSSR count). The zero-order valence-corrected chi connectivity index (χ0v) is 16.2.